The van der Waals surface area contributed by atoms with Crippen LogP contribution in [0.3, 0.4) is 0 Å². The molecule has 0 saturated carbocycles. The van der Waals surface area contributed by atoms with Crippen LogP contribution in [-0.4, -0.2) is 18.2 Å². The molecular weight excluding hydrogens is 300 g/mol. The molecule has 128 valence electrons. The molecule has 0 radical (unpaired) electrons. The van der Waals surface area contributed by atoms with Gasteiger partial charge in [0.2, 0.25) is 0 Å². The van der Waals surface area contributed by atoms with Crippen LogP contribution in [0.2, 0.25) is 0 Å². The molecule has 1 aromatic rings. The average molecular weight is 326 g/mol. The minimum atomic E-state index is -0.932. The van der Waals surface area contributed by atoms with Gasteiger partial charge >= 0.3 is 5.97 Å². The van der Waals surface area contributed by atoms with E-state index >= 15 is 0 Å². The molecule has 0 aliphatic carbocycles. The number of aliphatic carboxylic acids is 1. The van der Waals surface area contributed by atoms with Gasteiger partial charge in [0.1, 0.15) is 5.75 Å². The van der Waals surface area contributed by atoms with Crippen LogP contribution in [0.4, 0.5) is 0 Å². The van der Waals surface area contributed by atoms with Gasteiger partial charge in [-0.3, -0.25) is 0 Å². The molecule has 0 unspecified atom stereocenters. The van der Waals surface area contributed by atoms with E-state index in [-0.39, 0.29) is 0 Å². The van der Waals surface area contributed by atoms with E-state index < -0.39 is 5.97 Å². The average Bonchev–Trinajstić information content (AvgIpc) is 2.49. The summed E-state index contributed by atoms with van der Waals surface area (Å²) < 4.78 is 5.45. The lowest BCUT2D eigenvalue weighted by Crippen LogP contribution is -1.96. The van der Waals surface area contributed by atoms with E-state index in [1.165, 1.54) is 17.2 Å². The number of aryl methyl sites for hydroxylation is 1. The van der Waals surface area contributed by atoms with Gasteiger partial charge in [0, 0.05) is 6.08 Å². The molecule has 0 amide bonds. The number of methoxy groups -OCH3 is 1. The summed E-state index contributed by atoms with van der Waals surface area (Å²) in [6, 6.07) is 2.13. The Hall–Kier alpha value is -2.55. The maximum Gasteiger partial charge on any atom is 0.328 e. The van der Waals surface area contributed by atoms with Gasteiger partial charge in [0.25, 0.3) is 0 Å². The largest absolute Gasteiger partial charge is 0.496 e. The molecule has 1 aromatic carbocycles. The molecule has 0 atom stereocenters. The quantitative estimate of drug-likeness (QED) is 0.579. The van der Waals surface area contributed by atoms with E-state index in [1.54, 1.807) is 20.1 Å². The molecule has 0 aliphatic rings. The molecule has 0 saturated heterocycles. The fourth-order valence-electron chi connectivity index (χ4n) is 2.45. The van der Waals surface area contributed by atoms with E-state index in [0.29, 0.717) is 5.57 Å². The zero-order valence-electron chi connectivity index (χ0n) is 15.3. The molecule has 0 fully saturated rings. The number of carboxylic acid groups (broad SMARTS) is 1. The minimum Gasteiger partial charge on any atom is -0.496 e. The van der Waals surface area contributed by atoms with Crippen molar-refractivity contribution in [3.63, 3.8) is 0 Å². The lowest BCUT2D eigenvalue weighted by Gasteiger charge is -2.13. The lowest BCUT2D eigenvalue weighted by molar-refractivity contribution is -0.131. The fraction of sp³-hybridized carbons (Fsp3) is 0.286. The molecule has 1 rings (SSSR count). The van der Waals surface area contributed by atoms with Crippen molar-refractivity contribution < 1.29 is 14.6 Å². The predicted octanol–water partition coefficient (Wildman–Crippen LogP) is 5.17. The third-order valence-corrected chi connectivity index (χ3v) is 3.87. The highest BCUT2D eigenvalue weighted by Gasteiger charge is 2.08. The highest BCUT2D eigenvalue weighted by molar-refractivity contribution is 5.81. The van der Waals surface area contributed by atoms with Gasteiger partial charge in [-0.2, -0.15) is 0 Å². The van der Waals surface area contributed by atoms with Crippen molar-refractivity contribution in [2.45, 2.75) is 34.6 Å². The van der Waals surface area contributed by atoms with E-state index in [4.69, 9.17) is 9.84 Å². The Morgan fingerprint density at radius 3 is 2.33 bits per heavy atom. The maximum absolute atomic E-state index is 10.6. The second-order valence-corrected chi connectivity index (χ2v) is 5.90. The SMILES string of the molecule is COc1c(C)cc(/C=C/C(C)=C/C=C/C(C)=C/C(=O)O)c(C)c1C. The first-order valence-electron chi connectivity index (χ1n) is 7.85. The van der Waals surface area contributed by atoms with Crippen molar-refractivity contribution in [3.8, 4) is 5.75 Å². The predicted molar refractivity (Wildman–Crippen MR) is 101 cm³/mol. The Balaban J connectivity index is 2.95. The third-order valence-electron chi connectivity index (χ3n) is 3.87. The van der Waals surface area contributed by atoms with Gasteiger partial charge in [0.15, 0.2) is 0 Å². The standard InChI is InChI=1S/C21H26O3/c1-14(8-7-9-15(2)12-20(22)23)10-11-19-13-16(3)21(24-6)18(5)17(19)4/h7-13H,1-6H3,(H,22,23)/b9-7+,11-10+,14-8+,15-12+. The van der Waals surface area contributed by atoms with Crippen LogP contribution in [-0.2, 0) is 4.79 Å². The Bertz CT molecular complexity index is 732. The normalized spacial score (nSPS) is 13.1. The summed E-state index contributed by atoms with van der Waals surface area (Å²) in [7, 11) is 1.70. The molecule has 1 N–H and O–H groups in total. The smallest absolute Gasteiger partial charge is 0.328 e. The summed E-state index contributed by atoms with van der Waals surface area (Å²) in [5.74, 6) is 0.0130. The maximum atomic E-state index is 10.6. The number of benzene rings is 1. The van der Waals surface area contributed by atoms with E-state index in [2.05, 4.69) is 26.0 Å². The number of rotatable bonds is 6. The molecule has 0 aromatic heterocycles. The topological polar surface area (TPSA) is 46.5 Å². The highest BCUT2D eigenvalue weighted by Crippen LogP contribution is 2.29. The van der Waals surface area contributed by atoms with Gasteiger partial charge in [-0.05, 0) is 68.5 Å². The summed E-state index contributed by atoms with van der Waals surface area (Å²) in [4.78, 5) is 10.6. The van der Waals surface area contributed by atoms with Crippen LogP contribution >= 0.6 is 0 Å². The summed E-state index contributed by atoms with van der Waals surface area (Å²) >= 11 is 0. The molecule has 0 heterocycles. The summed E-state index contributed by atoms with van der Waals surface area (Å²) in [6.07, 6.45) is 10.9. The molecule has 0 spiro atoms. The zero-order chi connectivity index (χ0) is 18.3. The number of hydrogen-bond acceptors (Lipinski definition) is 2. The molecule has 3 heteroatoms. The van der Waals surface area contributed by atoms with Gasteiger partial charge in [-0.1, -0.05) is 36.0 Å². The molecule has 0 bridgehead atoms. The first-order chi connectivity index (χ1) is 11.3. The van der Waals surface area contributed by atoms with Crippen molar-refractivity contribution in [2.24, 2.45) is 0 Å². The van der Waals surface area contributed by atoms with Crippen LogP contribution in [0.5, 0.6) is 5.75 Å². The number of carboxylic acids is 1. The van der Waals surface area contributed by atoms with E-state index in [9.17, 15) is 4.79 Å². The Kier molecular flexibility index (Phi) is 7.25. The molecule has 24 heavy (non-hydrogen) atoms. The van der Waals surface area contributed by atoms with Gasteiger partial charge in [-0.25, -0.2) is 4.79 Å². The summed E-state index contributed by atoms with van der Waals surface area (Å²) in [6.45, 7) is 9.98. The number of allylic oxidation sites excluding steroid dienone is 6. The van der Waals surface area contributed by atoms with Gasteiger partial charge in [-0.15, -0.1) is 0 Å². The van der Waals surface area contributed by atoms with Crippen LogP contribution in [0.15, 0.2) is 47.6 Å². The minimum absolute atomic E-state index is 0.702. The first kappa shape index (κ1) is 19.5. The van der Waals surface area contributed by atoms with E-state index in [1.807, 2.05) is 32.1 Å². The van der Waals surface area contributed by atoms with Crippen LogP contribution in [0, 0.1) is 20.8 Å². The number of ether oxygens (including phenoxy) is 1. The zero-order valence-corrected chi connectivity index (χ0v) is 15.3. The Morgan fingerprint density at radius 2 is 1.75 bits per heavy atom. The van der Waals surface area contributed by atoms with Crippen LogP contribution in [0.1, 0.15) is 36.1 Å². The first-order valence-corrected chi connectivity index (χ1v) is 7.85. The second kappa shape index (κ2) is 8.92. The van der Waals surface area contributed by atoms with Crippen molar-refractivity contribution in [2.75, 3.05) is 7.11 Å². The van der Waals surface area contributed by atoms with Crippen molar-refractivity contribution >= 4 is 12.0 Å². The molecular formula is C21H26O3. The Morgan fingerprint density at radius 1 is 1.08 bits per heavy atom. The van der Waals surface area contributed by atoms with Crippen molar-refractivity contribution in [3.05, 3.63) is 69.8 Å². The molecule has 0 aliphatic heterocycles. The third kappa shape index (κ3) is 5.58. The van der Waals surface area contributed by atoms with Crippen molar-refractivity contribution in [1.82, 2.24) is 0 Å². The summed E-state index contributed by atoms with van der Waals surface area (Å²) in [5.41, 5.74) is 6.44. The fourth-order valence-corrected chi connectivity index (χ4v) is 2.45. The van der Waals surface area contributed by atoms with Crippen LogP contribution in [0.25, 0.3) is 6.08 Å². The van der Waals surface area contributed by atoms with Crippen molar-refractivity contribution in [1.29, 1.82) is 0 Å². The summed E-state index contributed by atoms with van der Waals surface area (Å²) in [5, 5.41) is 8.67. The van der Waals surface area contributed by atoms with Gasteiger partial charge < -0.3 is 9.84 Å². The Labute approximate surface area is 144 Å². The highest BCUT2D eigenvalue weighted by atomic mass is 16.5. The number of hydrogen-bond donors (Lipinski definition) is 1. The molecule has 3 nitrogen and oxygen atoms in total. The second-order valence-electron chi connectivity index (χ2n) is 5.90. The van der Waals surface area contributed by atoms with Gasteiger partial charge in [0.05, 0.1) is 7.11 Å². The van der Waals surface area contributed by atoms with Crippen LogP contribution < -0.4 is 4.74 Å². The van der Waals surface area contributed by atoms with E-state index in [0.717, 1.165) is 22.4 Å². The monoisotopic (exact) mass is 326 g/mol. The number of carbonyl (C=O) groups is 1. The lowest BCUT2D eigenvalue weighted by atomic mass is 9.98.